The van der Waals surface area contributed by atoms with Gasteiger partial charge in [0.05, 0.1) is 19.1 Å². The summed E-state index contributed by atoms with van der Waals surface area (Å²) in [5.41, 5.74) is -0.680. The van der Waals surface area contributed by atoms with Gasteiger partial charge in [-0.15, -0.1) is 0 Å². The van der Waals surface area contributed by atoms with Crippen LogP contribution in [-0.2, 0) is 28.5 Å². The van der Waals surface area contributed by atoms with E-state index in [9.17, 15) is 14.4 Å². The van der Waals surface area contributed by atoms with Gasteiger partial charge in [0.25, 0.3) is 0 Å². The third-order valence-electron chi connectivity index (χ3n) is 4.59. The van der Waals surface area contributed by atoms with E-state index in [2.05, 4.69) is 5.32 Å². The molecule has 0 radical (unpaired) electrons. The predicted octanol–water partition coefficient (Wildman–Crippen LogP) is 2.33. The van der Waals surface area contributed by atoms with Crippen molar-refractivity contribution >= 4 is 18.0 Å². The van der Waals surface area contributed by atoms with E-state index in [-0.39, 0.29) is 25.1 Å². The summed E-state index contributed by atoms with van der Waals surface area (Å²) in [6.07, 6.45) is 2.27. The quantitative estimate of drug-likeness (QED) is 0.588. The van der Waals surface area contributed by atoms with Crippen LogP contribution in [0.15, 0.2) is 0 Å². The smallest absolute Gasteiger partial charge is 0.408 e. The van der Waals surface area contributed by atoms with Crippen LogP contribution in [0.25, 0.3) is 0 Å². The van der Waals surface area contributed by atoms with Crippen molar-refractivity contribution in [2.75, 3.05) is 13.2 Å². The zero-order valence-electron chi connectivity index (χ0n) is 16.6. The topological polar surface area (TPSA) is 100 Å². The van der Waals surface area contributed by atoms with Gasteiger partial charge >= 0.3 is 18.0 Å². The highest BCUT2D eigenvalue weighted by molar-refractivity contribution is 5.81. The molecule has 1 amide bonds. The van der Waals surface area contributed by atoms with Crippen LogP contribution in [0.3, 0.4) is 0 Å². The molecule has 8 nitrogen and oxygen atoms in total. The summed E-state index contributed by atoms with van der Waals surface area (Å²) >= 11 is 0. The second-order valence-electron chi connectivity index (χ2n) is 8.16. The van der Waals surface area contributed by atoms with Gasteiger partial charge < -0.3 is 24.3 Å². The Bertz CT molecular complexity index is 537. The zero-order valence-corrected chi connectivity index (χ0v) is 16.6. The van der Waals surface area contributed by atoms with Crippen molar-refractivity contribution < 1.29 is 33.3 Å². The van der Waals surface area contributed by atoms with E-state index < -0.39 is 35.9 Å². The number of amides is 1. The first-order valence-electron chi connectivity index (χ1n) is 9.64. The van der Waals surface area contributed by atoms with Crippen molar-refractivity contribution in [3.63, 3.8) is 0 Å². The van der Waals surface area contributed by atoms with Crippen molar-refractivity contribution in [1.29, 1.82) is 0 Å². The van der Waals surface area contributed by atoms with Gasteiger partial charge in [-0.25, -0.2) is 9.59 Å². The maximum Gasteiger partial charge on any atom is 0.408 e. The monoisotopic (exact) mass is 385 g/mol. The molecule has 1 N–H and O–H groups in total. The van der Waals surface area contributed by atoms with Gasteiger partial charge in [-0.3, -0.25) is 4.79 Å². The third-order valence-corrected chi connectivity index (χ3v) is 4.59. The van der Waals surface area contributed by atoms with Crippen LogP contribution < -0.4 is 5.32 Å². The first-order chi connectivity index (χ1) is 12.7. The van der Waals surface area contributed by atoms with E-state index >= 15 is 0 Å². The van der Waals surface area contributed by atoms with Crippen LogP contribution >= 0.6 is 0 Å². The van der Waals surface area contributed by atoms with Gasteiger partial charge in [0.15, 0.2) is 6.04 Å². The van der Waals surface area contributed by atoms with Crippen molar-refractivity contribution in [3.05, 3.63) is 0 Å². The molecule has 3 atom stereocenters. The number of hydrogen-bond acceptors (Lipinski definition) is 7. The number of nitrogens with one attached hydrogen (secondary N) is 1. The summed E-state index contributed by atoms with van der Waals surface area (Å²) in [5.74, 6) is -0.941. The number of carbonyl (C=O) groups excluding carboxylic acids is 3. The molecule has 0 aromatic rings. The number of hydrogen-bond donors (Lipinski definition) is 1. The fourth-order valence-electron chi connectivity index (χ4n) is 3.16. The maximum atomic E-state index is 12.4. The van der Waals surface area contributed by atoms with Crippen LogP contribution in [0.1, 0.15) is 59.8 Å². The molecule has 2 fully saturated rings. The van der Waals surface area contributed by atoms with Crippen molar-refractivity contribution in [3.8, 4) is 0 Å². The van der Waals surface area contributed by atoms with Crippen LogP contribution in [0.5, 0.6) is 0 Å². The van der Waals surface area contributed by atoms with Gasteiger partial charge in [0.2, 0.25) is 0 Å². The Morgan fingerprint density at radius 1 is 1.15 bits per heavy atom. The van der Waals surface area contributed by atoms with Crippen LogP contribution in [0, 0.1) is 5.92 Å². The molecule has 1 heterocycles. The maximum absolute atomic E-state index is 12.4. The summed E-state index contributed by atoms with van der Waals surface area (Å²) in [6.45, 7) is 7.13. The van der Waals surface area contributed by atoms with Crippen molar-refractivity contribution in [2.45, 2.75) is 83.6 Å². The van der Waals surface area contributed by atoms with Crippen molar-refractivity contribution in [1.82, 2.24) is 5.32 Å². The molecule has 1 saturated heterocycles. The molecule has 8 heteroatoms. The van der Waals surface area contributed by atoms with Crippen LogP contribution in [0.2, 0.25) is 0 Å². The second kappa shape index (κ2) is 9.39. The number of carbonyl (C=O) groups is 3. The molecule has 154 valence electrons. The van der Waals surface area contributed by atoms with E-state index in [0.717, 1.165) is 25.7 Å². The Kier molecular flexibility index (Phi) is 7.47. The summed E-state index contributed by atoms with van der Waals surface area (Å²) in [5, 5.41) is 2.47. The average Bonchev–Trinajstić information content (AvgIpc) is 3.09. The molecule has 0 aromatic heterocycles. The highest BCUT2D eigenvalue weighted by atomic mass is 16.6. The normalized spacial score (nSPS) is 27.7. The number of esters is 2. The molecular weight excluding hydrogens is 354 g/mol. The Labute approximate surface area is 160 Å². The lowest BCUT2D eigenvalue weighted by Gasteiger charge is -2.25. The molecular formula is C19H31NO7. The third kappa shape index (κ3) is 7.01. The molecule has 2 rings (SSSR count). The summed E-state index contributed by atoms with van der Waals surface area (Å²) in [7, 11) is 0. The Hall–Kier alpha value is -1.83. The molecule has 1 saturated carbocycles. The van der Waals surface area contributed by atoms with E-state index in [1.165, 1.54) is 0 Å². The van der Waals surface area contributed by atoms with Gasteiger partial charge in [0, 0.05) is 6.42 Å². The standard InChI is InChI=1S/C19H31NO7/c1-12-15(26-16(21)13-7-5-6-8-13)9-10-24-11-14(17(22)25-12)20-18(23)27-19(2,3)4/h12-15H,5-11H2,1-4H3,(H,20,23)/t12-,14-,15+/m0/s1. The van der Waals surface area contributed by atoms with E-state index in [0.29, 0.717) is 6.42 Å². The van der Waals surface area contributed by atoms with Crippen molar-refractivity contribution in [2.24, 2.45) is 5.92 Å². The van der Waals surface area contributed by atoms with Crippen LogP contribution in [0.4, 0.5) is 4.79 Å². The molecule has 0 bridgehead atoms. The Morgan fingerprint density at radius 2 is 1.81 bits per heavy atom. The van der Waals surface area contributed by atoms with E-state index in [4.69, 9.17) is 18.9 Å². The highest BCUT2D eigenvalue weighted by Gasteiger charge is 2.34. The molecule has 0 spiro atoms. The number of ether oxygens (including phenoxy) is 4. The molecule has 1 aliphatic heterocycles. The molecule has 2 aliphatic rings. The molecule has 1 aliphatic carbocycles. The number of cyclic esters (lactones) is 1. The fraction of sp³-hybridized carbons (Fsp3) is 0.842. The van der Waals surface area contributed by atoms with Gasteiger partial charge in [0.1, 0.15) is 17.8 Å². The zero-order chi connectivity index (χ0) is 20.0. The average molecular weight is 385 g/mol. The first-order valence-corrected chi connectivity index (χ1v) is 9.64. The van der Waals surface area contributed by atoms with Gasteiger partial charge in [-0.2, -0.15) is 0 Å². The Morgan fingerprint density at radius 3 is 2.44 bits per heavy atom. The predicted molar refractivity (Wildman–Crippen MR) is 96.0 cm³/mol. The molecule has 0 unspecified atom stereocenters. The lowest BCUT2D eigenvalue weighted by molar-refractivity contribution is -0.170. The second-order valence-corrected chi connectivity index (χ2v) is 8.16. The largest absolute Gasteiger partial charge is 0.458 e. The lowest BCUT2D eigenvalue weighted by atomic mass is 10.1. The minimum absolute atomic E-state index is 0.0336. The number of alkyl carbamates (subject to hydrolysis) is 1. The van der Waals surface area contributed by atoms with Crippen LogP contribution in [-0.4, -0.2) is 55.1 Å². The van der Waals surface area contributed by atoms with Gasteiger partial charge in [-0.05, 0) is 40.5 Å². The minimum Gasteiger partial charge on any atom is -0.458 e. The number of rotatable bonds is 3. The molecule has 0 aromatic carbocycles. The highest BCUT2D eigenvalue weighted by Crippen LogP contribution is 2.27. The fourth-order valence-corrected chi connectivity index (χ4v) is 3.16. The lowest BCUT2D eigenvalue weighted by Crippen LogP contribution is -2.47. The SMILES string of the molecule is C[C@@H]1OC(=O)[C@@H](NC(=O)OC(C)(C)C)COCC[C@H]1OC(=O)C1CCCC1. The summed E-state index contributed by atoms with van der Waals surface area (Å²) < 4.78 is 21.7. The minimum atomic E-state index is -0.980. The van der Waals surface area contributed by atoms with E-state index in [1.807, 2.05) is 0 Å². The molecule has 27 heavy (non-hydrogen) atoms. The summed E-state index contributed by atoms with van der Waals surface area (Å²) in [4.78, 5) is 36.6. The Balaban J connectivity index is 1.93. The van der Waals surface area contributed by atoms with Gasteiger partial charge in [-0.1, -0.05) is 12.8 Å². The first kappa shape index (κ1) is 21.5. The summed E-state index contributed by atoms with van der Waals surface area (Å²) in [6, 6.07) is -0.980. The van der Waals surface area contributed by atoms with E-state index in [1.54, 1.807) is 27.7 Å².